The summed E-state index contributed by atoms with van der Waals surface area (Å²) in [5.74, 6) is 1.51. The van der Waals surface area contributed by atoms with Crippen LogP contribution in [0.3, 0.4) is 0 Å². The lowest BCUT2D eigenvalue weighted by Crippen LogP contribution is -2.39. The Labute approximate surface area is 154 Å². The Bertz CT molecular complexity index is 710. The largest absolute Gasteiger partial charge is 0.371 e. The Kier molecular flexibility index (Phi) is 5.91. The molecule has 1 aliphatic heterocycles. The molecule has 1 aliphatic rings. The lowest BCUT2D eigenvalue weighted by Gasteiger charge is -2.19. The van der Waals surface area contributed by atoms with Gasteiger partial charge in [-0.3, -0.25) is 4.99 Å². The molecule has 0 amide bonds. The van der Waals surface area contributed by atoms with E-state index in [-0.39, 0.29) is 0 Å². The van der Waals surface area contributed by atoms with E-state index in [1.54, 1.807) is 11.3 Å². The van der Waals surface area contributed by atoms with Crippen LogP contribution in [0.2, 0.25) is 0 Å². The van der Waals surface area contributed by atoms with Gasteiger partial charge in [0.2, 0.25) is 0 Å². The maximum atomic E-state index is 4.47. The van der Waals surface area contributed by atoms with Crippen molar-refractivity contribution in [2.24, 2.45) is 10.9 Å². The first-order chi connectivity index (χ1) is 12.2. The number of anilines is 1. The Morgan fingerprint density at radius 3 is 2.76 bits per heavy atom. The third kappa shape index (κ3) is 4.72. The highest BCUT2D eigenvalue weighted by Gasteiger charge is 2.22. The van der Waals surface area contributed by atoms with Crippen molar-refractivity contribution in [1.82, 2.24) is 15.6 Å². The van der Waals surface area contributed by atoms with Gasteiger partial charge >= 0.3 is 0 Å². The van der Waals surface area contributed by atoms with E-state index in [4.69, 9.17) is 0 Å². The summed E-state index contributed by atoms with van der Waals surface area (Å²) in [4.78, 5) is 12.6. The number of thiazole rings is 1. The van der Waals surface area contributed by atoms with Gasteiger partial charge in [0, 0.05) is 37.2 Å². The van der Waals surface area contributed by atoms with Crippen molar-refractivity contribution in [3.05, 3.63) is 45.9 Å². The van der Waals surface area contributed by atoms with Gasteiger partial charge in [0.1, 0.15) is 0 Å². The fourth-order valence-electron chi connectivity index (χ4n) is 3.24. The molecule has 1 aromatic carbocycles. The van der Waals surface area contributed by atoms with E-state index in [1.807, 2.05) is 14.0 Å². The van der Waals surface area contributed by atoms with Crippen molar-refractivity contribution in [2.45, 2.75) is 26.8 Å². The van der Waals surface area contributed by atoms with Gasteiger partial charge in [-0.25, -0.2) is 4.98 Å². The highest BCUT2D eigenvalue weighted by atomic mass is 32.1. The molecule has 6 heteroatoms. The van der Waals surface area contributed by atoms with E-state index < -0.39 is 0 Å². The molecule has 1 saturated heterocycles. The van der Waals surface area contributed by atoms with Crippen LogP contribution in [0.5, 0.6) is 0 Å². The van der Waals surface area contributed by atoms with E-state index in [0.29, 0.717) is 5.92 Å². The first-order valence-corrected chi connectivity index (χ1v) is 9.64. The number of guanidine groups is 1. The molecule has 25 heavy (non-hydrogen) atoms. The third-order valence-electron chi connectivity index (χ3n) is 4.60. The Hall–Kier alpha value is -2.08. The zero-order valence-electron chi connectivity index (χ0n) is 15.2. The lowest BCUT2D eigenvalue weighted by atomic mass is 10.1. The maximum absolute atomic E-state index is 4.47. The van der Waals surface area contributed by atoms with Crippen molar-refractivity contribution in [1.29, 1.82) is 0 Å². The molecule has 0 radical (unpaired) electrons. The average molecular weight is 358 g/mol. The van der Waals surface area contributed by atoms with Crippen LogP contribution in [-0.4, -0.2) is 37.6 Å². The lowest BCUT2D eigenvalue weighted by molar-refractivity contribution is 0.566. The Morgan fingerprint density at radius 1 is 1.28 bits per heavy atom. The van der Waals surface area contributed by atoms with Crippen LogP contribution in [0.15, 0.2) is 35.3 Å². The topological polar surface area (TPSA) is 52.6 Å². The van der Waals surface area contributed by atoms with E-state index in [0.717, 1.165) is 42.8 Å². The number of aromatic nitrogens is 1. The van der Waals surface area contributed by atoms with Crippen molar-refractivity contribution >= 4 is 23.0 Å². The maximum Gasteiger partial charge on any atom is 0.191 e. The number of nitrogens with one attached hydrogen (secondary N) is 2. The van der Waals surface area contributed by atoms with Crippen LogP contribution in [-0.2, 0) is 6.54 Å². The predicted octanol–water partition coefficient (Wildman–Crippen LogP) is 2.95. The van der Waals surface area contributed by atoms with Crippen LogP contribution in [0, 0.1) is 19.8 Å². The summed E-state index contributed by atoms with van der Waals surface area (Å²) in [6, 6.07) is 10.7. The first kappa shape index (κ1) is 17.7. The van der Waals surface area contributed by atoms with Gasteiger partial charge in [0.15, 0.2) is 5.96 Å². The SMILES string of the molecule is CN=C(NCc1sc(C)nc1C)NCC1CCN(c2ccccc2)C1. The molecule has 1 fully saturated rings. The average Bonchev–Trinajstić information content (AvgIpc) is 3.22. The van der Waals surface area contributed by atoms with Crippen LogP contribution in [0.1, 0.15) is 22.0 Å². The summed E-state index contributed by atoms with van der Waals surface area (Å²) in [6.45, 7) is 8.06. The van der Waals surface area contributed by atoms with Crippen LogP contribution >= 0.6 is 11.3 Å². The van der Waals surface area contributed by atoms with Crippen molar-refractivity contribution < 1.29 is 0 Å². The summed E-state index contributed by atoms with van der Waals surface area (Å²) in [6.07, 6.45) is 1.21. The first-order valence-electron chi connectivity index (χ1n) is 8.83. The standard InChI is InChI=1S/C19H27N5S/c1-14-18(25-15(2)23-14)12-22-19(20-3)21-11-16-9-10-24(13-16)17-7-5-4-6-8-17/h4-8,16H,9-13H2,1-3H3,(H2,20,21,22). The minimum absolute atomic E-state index is 0.645. The number of aliphatic imine (C=N–C) groups is 1. The molecular weight excluding hydrogens is 330 g/mol. The van der Waals surface area contributed by atoms with Gasteiger partial charge in [-0.1, -0.05) is 18.2 Å². The zero-order valence-corrected chi connectivity index (χ0v) is 16.1. The molecule has 2 N–H and O–H groups in total. The number of rotatable bonds is 5. The molecule has 1 atom stereocenters. The highest BCUT2D eigenvalue weighted by Crippen LogP contribution is 2.23. The molecule has 0 bridgehead atoms. The minimum Gasteiger partial charge on any atom is -0.371 e. The summed E-state index contributed by atoms with van der Waals surface area (Å²) in [7, 11) is 1.82. The molecule has 0 spiro atoms. The fraction of sp³-hybridized carbons (Fsp3) is 0.474. The minimum atomic E-state index is 0.645. The zero-order chi connectivity index (χ0) is 17.6. The van der Waals surface area contributed by atoms with Crippen LogP contribution in [0.4, 0.5) is 5.69 Å². The van der Waals surface area contributed by atoms with E-state index in [2.05, 4.69) is 62.8 Å². The second-order valence-electron chi connectivity index (χ2n) is 6.48. The second-order valence-corrected chi connectivity index (χ2v) is 7.77. The molecule has 1 aromatic heterocycles. The second kappa shape index (κ2) is 8.34. The number of hydrogen-bond acceptors (Lipinski definition) is 4. The van der Waals surface area contributed by atoms with E-state index in [9.17, 15) is 0 Å². The summed E-state index contributed by atoms with van der Waals surface area (Å²) >= 11 is 1.75. The molecule has 1 unspecified atom stereocenters. The van der Waals surface area contributed by atoms with Gasteiger partial charge in [-0.15, -0.1) is 11.3 Å². The van der Waals surface area contributed by atoms with Crippen molar-refractivity contribution in [3.8, 4) is 0 Å². The Morgan fingerprint density at radius 2 is 2.08 bits per heavy atom. The Balaban J connectivity index is 1.45. The smallest absolute Gasteiger partial charge is 0.191 e. The summed E-state index contributed by atoms with van der Waals surface area (Å²) in [5, 5.41) is 7.99. The van der Waals surface area contributed by atoms with Crippen LogP contribution in [0.25, 0.3) is 0 Å². The van der Waals surface area contributed by atoms with Crippen molar-refractivity contribution in [2.75, 3.05) is 31.6 Å². The van der Waals surface area contributed by atoms with Gasteiger partial charge in [-0.2, -0.15) is 0 Å². The number of nitrogens with zero attached hydrogens (tertiary/aromatic N) is 3. The quantitative estimate of drug-likeness (QED) is 0.638. The van der Waals surface area contributed by atoms with Crippen molar-refractivity contribution in [3.63, 3.8) is 0 Å². The fourth-order valence-corrected chi connectivity index (χ4v) is 4.11. The molecular formula is C19H27N5S. The molecule has 134 valence electrons. The molecule has 3 rings (SSSR count). The number of aryl methyl sites for hydroxylation is 2. The van der Waals surface area contributed by atoms with Gasteiger partial charge in [0.05, 0.1) is 17.2 Å². The number of para-hydroxylation sites is 1. The van der Waals surface area contributed by atoms with Gasteiger partial charge in [0.25, 0.3) is 0 Å². The molecule has 2 heterocycles. The third-order valence-corrected chi connectivity index (χ3v) is 5.68. The normalized spacial score (nSPS) is 17.8. The summed E-state index contributed by atoms with van der Waals surface area (Å²) < 4.78 is 0. The number of benzene rings is 1. The van der Waals surface area contributed by atoms with Crippen LogP contribution < -0.4 is 15.5 Å². The van der Waals surface area contributed by atoms with E-state index >= 15 is 0 Å². The molecule has 0 saturated carbocycles. The molecule has 0 aliphatic carbocycles. The number of hydrogen-bond donors (Lipinski definition) is 2. The predicted molar refractivity (Wildman–Crippen MR) is 107 cm³/mol. The summed E-state index contributed by atoms with van der Waals surface area (Å²) in [5.41, 5.74) is 2.43. The highest BCUT2D eigenvalue weighted by molar-refractivity contribution is 7.11. The molecule has 5 nitrogen and oxygen atoms in total. The monoisotopic (exact) mass is 357 g/mol. The van der Waals surface area contributed by atoms with Gasteiger partial charge < -0.3 is 15.5 Å². The molecule has 2 aromatic rings. The van der Waals surface area contributed by atoms with E-state index in [1.165, 1.54) is 17.0 Å². The van der Waals surface area contributed by atoms with Gasteiger partial charge in [-0.05, 0) is 38.3 Å².